The molecule has 0 bridgehead atoms. The summed E-state index contributed by atoms with van der Waals surface area (Å²) < 4.78 is 1.90. The van der Waals surface area contributed by atoms with E-state index in [9.17, 15) is 9.90 Å². The molecule has 0 saturated carbocycles. The first-order valence-electron chi connectivity index (χ1n) is 6.26. The van der Waals surface area contributed by atoms with Gasteiger partial charge in [0, 0.05) is 44.6 Å². The summed E-state index contributed by atoms with van der Waals surface area (Å²) in [6, 6.07) is 1.45. The molecule has 3 heterocycles. The summed E-state index contributed by atoms with van der Waals surface area (Å²) in [6.45, 7) is 2.44. The predicted molar refractivity (Wildman–Crippen MR) is 69.8 cm³/mol. The van der Waals surface area contributed by atoms with E-state index in [4.69, 9.17) is 0 Å². The first-order valence-corrected chi connectivity index (χ1v) is 6.26. The Bertz CT molecular complexity index is 659. The van der Waals surface area contributed by atoms with Gasteiger partial charge in [-0.05, 0) is 12.0 Å². The van der Waals surface area contributed by atoms with E-state index in [0.717, 1.165) is 25.2 Å². The van der Waals surface area contributed by atoms with E-state index in [0.29, 0.717) is 6.54 Å². The van der Waals surface area contributed by atoms with Gasteiger partial charge in [-0.2, -0.15) is 5.10 Å². The largest absolute Gasteiger partial charge is 0.503 e. The molecule has 0 saturated heterocycles. The van der Waals surface area contributed by atoms with E-state index in [2.05, 4.69) is 15.0 Å². The second-order valence-corrected chi connectivity index (χ2v) is 4.91. The third-order valence-corrected chi connectivity index (χ3v) is 3.56. The molecule has 1 aliphatic rings. The topological polar surface area (TPSA) is 74.2 Å². The Labute approximate surface area is 110 Å². The Morgan fingerprint density at radius 1 is 1.53 bits per heavy atom. The Morgan fingerprint density at radius 3 is 3.16 bits per heavy atom. The maximum absolute atomic E-state index is 11.4. The van der Waals surface area contributed by atoms with Gasteiger partial charge in [-0.15, -0.1) is 0 Å². The normalized spacial score (nSPS) is 15.4. The number of aromatic nitrogens is 3. The molecule has 0 fully saturated rings. The number of hydrogen-bond donors (Lipinski definition) is 2. The van der Waals surface area contributed by atoms with Crippen molar-refractivity contribution in [3.8, 4) is 5.75 Å². The van der Waals surface area contributed by atoms with E-state index >= 15 is 0 Å². The van der Waals surface area contributed by atoms with Crippen LogP contribution >= 0.6 is 0 Å². The van der Waals surface area contributed by atoms with Gasteiger partial charge in [0.25, 0.3) is 0 Å². The molecule has 1 aliphatic heterocycles. The van der Waals surface area contributed by atoms with Crippen molar-refractivity contribution in [3.63, 3.8) is 0 Å². The molecular weight excluding hydrogens is 244 g/mol. The number of aromatic amines is 1. The third kappa shape index (κ3) is 2.26. The number of hydrogen-bond acceptors (Lipinski definition) is 4. The van der Waals surface area contributed by atoms with Crippen molar-refractivity contribution in [2.45, 2.75) is 19.5 Å². The fraction of sp³-hybridized carbons (Fsp3) is 0.385. The lowest BCUT2D eigenvalue weighted by molar-refractivity contribution is 0.235. The molecule has 0 unspecified atom stereocenters. The summed E-state index contributed by atoms with van der Waals surface area (Å²) in [5.74, 6) is -0.240. The van der Waals surface area contributed by atoms with Crippen molar-refractivity contribution in [1.29, 1.82) is 0 Å². The molecule has 6 heteroatoms. The number of fused-ring (bicyclic) bond motifs is 1. The van der Waals surface area contributed by atoms with Crippen LogP contribution in [0.4, 0.5) is 0 Å². The zero-order valence-corrected chi connectivity index (χ0v) is 10.8. The van der Waals surface area contributed by atoms with Crippen LogP contribution in [0.25, 0.3) is 0 Å². The summed E-state index contributed by atoms with van der Waals surface area (Å²) in [5, 5.41) is 13.5. The van der Waals surface area contributed by atoms with Crippen molar-refractivity contribution in [2.75, 3.05) is 6.54 Å². The molecule has 3 rings (SSSR count). The van der Waals surface area contributed by atoms with E-state index < -0.39 is 0 Å². The summed E-state index contributed by atoms with van der Waals surface area (Å²) in [6.07, 6.45) is 4.25. The third-order valence-electron chi connectivity index (χ3n) is 3.56. The van der Waals surface area contributed by atoms with Gasteiger partial charge < -0.3 is 10.1 Å². The van der Waals surface area contributed by atoms with Gasteiger partial charge in [0.2, 0.25) is 5.43 Å². The molecule has 2 aromatic rings. The van der Waals surface area contributed by atoms with Crippen LogP contribution in [-0.4, -0.2) is 31.3 Å². The van der Waals surface area contributed by atoms with Crippen molar-refractivity contribution in [1.82, 2.24) is 19.7 Å². The number of pyridine rings is 1. The first-order chi connectivity index (χ1) is 9.13. The van der Waals surface area contributed by atoms with E-state index in [-0.39, 0.29) is 11.2 Å². The number of rotatable bonds is 2. The lowest BCUT2D eigenvalue weighted by atomic mass is 10.1. The lowest BCUT2D eigenvalue weighted by Crippen LogP contribution is -2.31. The van der Waals surface area contributed by atoms with Gasteiger partial charge in [0.1, 0.15) is 0 Å². The minimum atomic E-state index is -0.341. The maximum atomic E-state index is 11.4. The maximum Gasteiger partial charge on any atom is 0.223 e. The number of aromatic hydroxyl groups is 1. The molecule has 0 amide bonds. The van der Waals surface area contributed by atoms with Gasteiger partial charge in [0.15, 0.2) is 5.75 Å². The van der Waals surface area contributed by atoms with E-state index in [1.807, 2.05) is 17.9 Å². The molecule has 0 aliphatic carbocycles. The molecule has 0 radical (unpaired) electrons. The van der Waals surface area contributed by atoms with Gasteiger partial charge in [0.05, 0.1) is 11.9 Å². The van der Waals surface area contributed by atoms with Crippen LogP contribution in [0.5, 0.6) is 5.75 Å². The molecular formula is C13H16N4O2. The van der Waals surface area contributed by atoms with Crippen molar-refractivity contribution < 1.29 is 5.11 Å². The van der Waals surface area contributed by atoms with Gasteiger partial charge in [-0.1, -0.05) is 0 Å². The standard InChI is InChI=1S/C13H16N4O2/c1-16-11-8-17(3-2-9(11)5-15-16)7-10-4-12(18)13(19)6-14-10/h4-6,19H,2-3,7-8H2,1H3,(H,14,18). The van der Waals surface area contributed by atoms with Crippen LogP contribution in [0.3, 0.4) is 0 Å². The highest BCUT2D eigenvalue weighted by Gasteiger charge is 2.19. The van der Waals surface area contributed by atoms with Crippen LogP contribution in [-0.2, 0) is 26.6 Å². The number of nitrogens with one attached hydrogen (secondary N) is 1. The highest BCUT2D eigenvalue weighted by molar-refractivity contribution is 5.22. The zero-order chi connectivity index (χ0) is 13.4. The first kappa shape index (κ1) is 12.0. The van der Waals surface area contributed by atoms with Crippen LogP contribution < -0.4 is 5.43 Å². The molecule has 0 spiro atoms. The van der Waals surface area contributed by atoms with Crippen LogP contribution in [0, 0.1) is 0 Å². The summed E-state index contributed by atoms with van der Waals surface area (Å²) in [5.41, 5.74) is 3.01. The molecule has 19 heavy (non-hydrogen) atoms. The second-order valence-electron chi connectivity index (χ2n) is 4.91. The SMILES string of the molecule is Cn1ncc2c1CN(Cc1cc(=O)c(O)c[nH]1)CC2. The summed E-state index contributed by atoms with van der Waals surface area (Å²) in [4.78, 5) is 16.6. The highest BCUT2D eigenvalue weighted by atomic mass is 16.3. The van der Waals surface area contributed by atoms with Crippen LogP contribution in [0.15, 0.2) is 23.3 Å². The van der Waals surface area contributed by atoms with Crippen LogP contribution in [0.2, 0.25) is 0 Å². The fourth-order valence-electron chi connectivity index (χ4n) is 2.46. The molecule has 2 aromatic heterocycles. The minimum absolute atomic E-state index is 0.240. The highest BCUT2D eigenvalue weighted by Crippen LogP contribution is 2.19. The average Bonchev–Trinajstić information content (AvgIpc) is 2.76. The smallest absolute Gasteiger partial charge is 0.223 e. The van der Waals surface area contributed by atoms with E-state index in [1.54, 1.807) is 0 Å². The summed E-state index contributed by atoms with van der Waals surface area (Å²) in [7, 11) is 1.95. The predicted octanol–water partition coefficient (Wildman–Crippen LogP) is 0.372. The van der Waals surface area contributed by atoms with Gasteiger partial charge in [-0.25, -0.2) is 0 Å². The minimum Gasteiger partial charge on any atom is -0.503 e. The van der Waals surface area contributed by atoms with Crippen molar-refractivity contribution in [3.05, 3.63) is 45.6 Å². The molecule has 100 valence electrons. The molecule has 6 nitrogen and oxygen atoms in total. The van der Waals surface area contributed by atoms with Gasteiger partial charge >= 0.3 is 0 Å². The Kier molecular flexibility index (Phi) is 2.87. The van der Waals surface area contributed by atoms with Crippen molar-refractivity contribution in [2.24, 2.45) is 7.05 Å². The van der Waals surface area contributed by atoms with E-state index in [1.165, 1.54) is 23.5 Å². The Hall–Kier alpha value is -2.08. The monoisotopic (exact) mass is 260 g/mol. The number of H-pyrrole nitrogens is 1. The average molecular weight is 260 g/mol. The van der Waals surface area contributed by atoms with Gasteiger partial charge in [-0.3, -0.25) is 14.4 Å². The van der Waals surface area contributed by atoms with Crippen molar-refractivity contribution >= 4 is 0 Å². The zero-order valence-electron chi connectivity index (χ0n) is 10.8. The molecule has 0 aromatic carbocycles. The quantitative estimate of drug-likeness (QED) is 0.818. The molecule has 2 N–H and O–H groups in total. The Balaban J connectivity index is 1.77. The lowest BCUT2D eigenvalue weighted by Gasteiger charge is -2.26. The fourth-order valence-corrected chi connectivity index (χ4v) is 2.46. The number of aryl methyl sites for hydroxylation is 1. The Morgan fingerprint density at radius 2 is 2.37 bits per heavy atom. The summed E-state index contributed by atoms with van der Waals surface area (Å²) >= 11 is 0. The molecule has 0 atom stereocenters. The second kappa shape index (κ2) is 4.55. The number of nitrogens with zero attached hydrogens (tertiary/aromatic N) is 3. The van der Waals surface area contributed by atoms with Crippen LogP contribution in [0.1, 0.15) is 17.0 Å².